The molecule has 1 aliphatic heterocycles. The van der Waals surface area contributed by atoms with Gasteiger partial charge in [-0.05, 0) is 50.2 Å². The molecule has 0 bridgehead atoms. The second-order valence-corrected chi connectivity index (χ2v) is 9.37. The summed E-state index contributed by atoms with van der Waals surface area (Å²) in [5, 5.41) is 3.40. The van der Waals surface area contributed by atoms with Crippen molar-refractivity contribution in [2.75, 3.05) is 45.3 Å². The number of nitrogens with zero attached hydrogens (tertiary/aromatic N) is 1. The number of rotatable bonds is 7. The standard InChI is InChI=1S/C23H26N2O7S/c1-4-31-20-7-5-16(13-21(20)33(27,28)25-9-11-30-12-10-25)24-23(26)22-15(2)32-19-8-6-17(29-3)14-18(19)22/h5-8,13-14H,4,9-12H2,1-3H3,(H,24,26). The topological polar surface area (TPSA) is 107 Å². The van der Waals surface area contributed by atoms with Crippen LogP contribution in [0.2, 0.25) is 0 Å². The van der Waals surface area contributed by atoms with Crippen LogP contribution in [-0.4, -0.2) is 58.7 Å². The normalized spacial score (nSPS) is 14.9. The first-order valence-electron chi connectivity index (χ1n) is 10.6. The number of amides is 1. The number of carbonyl (C=O) groups excluding carboxylic acids is 1. The van der Waals surface area contributed by atoms with E-state index in [0.717, 1.165) is 0 Å². The molecule has 10 heteroatoms. The van der Waals surface area contributed by atoms with E-state index < -0.39 is 15.9 Å². The van der Waals surface area contributed by atoms with Crippen LogP contribution < -0.4 is 14.8 Å². The van der Waals surface area contributed by atoms with Crippen LogP contribution in [0.4, 0.5) is 5.69 Å². The highest BCUT2D eigenvalue weighted by Crippen LogP contribution is 2.32. The Hall–Kier alpha value is -3.08. The third kappa shape index (κ3) is 4.54. The first-order valence-corrected chi connectivity index (χ1v) is 12.0. The van der Waals surface area contributed by atoms with Gasteiger partial charge in [0.15, 0.2) is 0 Å². The van der Waals surface area contributed by atoms with E-state index >= 15 is 0 Å². The number of furan rings is 1. The summed E-state index contributed by atoms with van der Waals surface area (Å²) >= 11 is 0. The van der Waals surface area contributed by atoms with Gasteiger partial charge in [0.25, 0.3) is 5.91 Å². The molecule has 0 unspecified atom stereocenters. The van der Waals surface area contributed by atoms with Crippen molar-refractivity contribution in [1.29, 1.82) is 0 Å². The quantitative estimate of drug-likeness (QED) is 0.559. The lowest BCUT2D eigenvalue weighted by Crippen LogP contribution is -2.40. The zero-order valence-electron chi connectivity index (χ0n) is 18.7. The third-order valence-electron chi connectivity index (χ3n) is 5.39. The number of benzene rings is 2. The Kier molecular flexibility index (Phi) is 6.59. The molecule has 33 heavy (non-hydrogen) atoms. The maximum absolute atomic E-state index is 13.3. The van der Waals surface area contributed by atoms with Gasteiger partial charge in [-0.25, -0.2) is 8.42 Å². The molecule has 9 nitrogen and oxygen atoms in total. The zero-order valence-corrected chi connectivity index (χ0v) is 19.5. The highest BCUT2D eigenvalue weighted by Gasteiger charge is 2.30. The van der Waals surface area contributed by atoms with E-state index in [1.54, 1.807) is 51.3 Å². The molecule has 0 radical (unpaired) electrons. The van der Waals surface area contributed by atoms with Crippen LogP contribution >= 0.6 is 0 Å². The fourth-order valence-electron chi connectivity index (χ4n) is 3.79. The van der Waals surface area contributed by atoms with Gasteiger partial charge in [-0.1, -0.05) is 0 Å². The molecule has 176 valence electrons. The van der Waals surface area contributed by atoms with Crippen LogP contribution in [0.3, 0.4) is 0 Å². The Morgan fingerprint density at radius 1 is 1.15 bits per heavy atom. The monoisotopic (exact) mass is 474 g/mol. The lowest BCUT2D eigenvalue weighted by molar-refractivity contribution is 0.0729. The van der Waals surface area contributed by atoms with Crippen LogP contribution in [0.15, 0.2) is 45.7 Å². The number of anilines is 1. The van der Waals surface area contributed by atoms with Crippen LogP contribution in [-0.2, 0) is 14.8 Å². The summed E-state index contributed by atoms with van der Waals surface area (Å²) in [6, 6.07) is 9.80. The molecule has 0 aliphatic carbocycles. The Morgan fingerprint density at radius 3 is 2.61 bits per heavy atom. The fraction of sp³-hybridized carbons (Fsp3) is 0.348. The Bertz CT molecular complexity index is 1280. The van der Waals surface area contributed by atoms with Gasteiger partial charge in [0, 0.05) is 24.2 Å². The van der Waals surface area contributed by atoms with E-state index in [2.05, 4.69) is 5.32 Å². The number of fused-ring (bicyclic) bond motifs is 1. The molecule has 2 heterocycles. The van der Waals surface area contributed by atoms with Crippen LogP contribution in [0.1, 0.15) is 23.0 Å². The van der Waals surface area contributed by atoms with E-state index in [0.29, 0.717) is 53.6 Å². The van der Waals surface area contributed by atoms with Crippen molar-refractivity contribution >= 4 is 32.6 Å². The lowest BCUT2D eigenvalue weighted by Gasteiger charge is -2.27. The van der Waals surface area contributed by atoms with Crippen molar-refractivity contribution in [2.45, 2.75) is 18.7 Å². The minimum atomic E-state index is -3.84. The van der Waals surface area contributed by atoms with Gasteiger partial charge >= 0.3 is 0 Å². The van der Waals surface area contributed by atoms with Crippen molar-refractivity contribution in [2.24, 2.45) is 0 Å². The number of methoxy groups -OCH3 is 1. The number of morpholine rings is 1. The maximum Gasteiger partial charge on any atom is 0.259 e. The smallest absolute Gasteiger partial charge is 0.259 e. The van der Waals surface area contributed by atoms with Crippen molar-refractivity contribution in [3.8, 4) is 11.5 Å². The predicted molar refractivity (Wildman–Crippen MR) is 123 cm³/mol. The van der Waals surface area contributed by atoms with Crippen molar-refractivity contribution in [1.82, 2.24) is 4.31 Å². The average Bonchev–Trinajstić information content (AvgIpc) is 3.15. The number of sulfonamides is 1. The van der Waals surface area contributed by atoms with Crippen LogP contribution in [0, 0.1) is 6.92 Å². The molecule has 1 saturated heterocycles. The first-order chi connectivity index (χ1) is 15.8. The minimum absolute atomic E-state index is 0.000470. The molecular formula is C23H26N2O7S. The molecule has 1 fully saturated rings. The number of nitrogens with one attached hydrogen (secondary N) is 1. The molecule has 0 saturated carbocycles. The van der Waals surface area contributed by atoms with E-state index in [9.17, 15) is 13.2 Å². The Balaban J connectivity index is 1.69. The van der Waals surface area contributed by atoms with Gasteiger partial charge in [-0.3, -0.25) is 4.79 Å². The molecule has 0 atom stereocenters. The highest BCUT2D eigenvalue weighted by atomic mass is 32.2. The van der Waals surface area contributed by atoms with E-state index in [1.807, 2.05) is 0 Å². The largest absolute Gasteiger partial charge is 0.497 e. The number of hydrogen-bond donors (Lipinski definition) is 1. The molecular weight excluding hydrogens is 448 g/mol. The second-order valence-electron chi connectivity index (χ2n) is 7.46. The molecule has 3 aromatic rings. The van der Waals surface area contributed by atoms with Gasteiger partial charge in [-0.2, -0.15) is 4.31 Å². The number of hydrogen-bond acceptors (Lipinski definition) is 7. The lowest BCUT2D eigenvalue weighted by atomic mass is 10.1. The summed E-state index contributed by atoms with van der Waals surface area (Å²) in [5.74, 6) is 0.857. The first kappa shape index (κ1) is 23.1. The summed E-state index contributed by atoms with van der Waals surface area (Å²) in [6.07, 6.45) is 0. The summed E-state index contributed by atoms with van der Waals surface area (Å²) in [4.78, 5) is 13.2. The van der Waals surface area contributed by atoms with E-state index in [-0.39, 0.29) is 23.7 Å². The van der Waals surface area contributed by atoms with Crippen LogP contribution in [0.5, 0.6) is 11.5 Å². The predicted octanol–water partition coefficient (Wildman–Crippen LogP) is 3.42. The number of aryl methyl sites for hydroxylation is 1. The molecule has 1 amide bonds. The number of carbonyl (C=O) groups is 1. The highest BCUT2D eigenvalue weighted by molar-refractivity contribution is 7.89. The molecule has 1 aliphatic rings. The average molecular weight is 475 g/mol. The third-order valence-corrected chi connectivity index (χ3v) is 7.31. The van der Waals surface area contributed by atoms with Gasteiger partial charge in [0.2, 0.25) is 10.0 Å². The summed E-state index contributed by atoms with van der Waals surface area (Å²) in [7, 11) is -2.29. The van der Waals surface area contributed by atoms with Gasteiger partial charge in [-0.15, -0.1) is 0 Å². The van der Waals surface area contributed by atoms with E-state index in [1.165, 1.54) is 10.4 Å². The molecule has 2 aromatic carbocycles. The van der Waals surface area contributed by atoms with Crippen molar-refractivity contribution in [3.63, 3.8) is 0 Å². The van der Waals surface area contributed by atoms with Gasteiger partial charge in [0.1, 0.15) is 27.7 Å². The summed E-state index contributed by atoms with van der Waals surface area (Å²) < 4.78 is 49.8. The SMILES string of the molecule is CCOc1ccc(NC(=O)c2c(C)oc3ccc(OC)cc23)cc1S(=O)(=O)N1CCOCC1. The molecule has 4 rings (SSSR count). The fourth-order valence-corrected chi connectivity index (χ4v) is 5.36. The van der Waals surface area contributed by atoms with Crippen molar-refractivity contribution < 1.29 is 31.8 Å². The second kappa shape index (κ2) is 9.42. The zero-order chi connectivity index (χ0) is 23.6. The molecule has 1 aromatic heterocycles. The minimum Gasteiger partial charge on any atom is -0.497 e. The molecule has 0 spiro atoms. The summed E-state index contributed by atoms with van der Waals surface area (Å²) in [6.45, 7) is 4.96. The Morgan fingerprint density at radius 2 is 1.91 bits per heavy atom. The Labute approximate surface area is 192 Å². The summed E-state index contributed by atoms with van der Waals surface area (Å²) in [5.41, 5.74) is 1.24. The number of ether oxygens (including phenoxy) is 3. The van der Waals surface area contributed by atoms with Crippen LogP contribution in [0.25, 0.3) is 11.0 Å². The van der Waals surface area contributed by atoms with E-state index in [4.69, 9.17) is 18.6 Å². The van der Waals surface area contributed by atoms with Gasteiger partial charge in [0.05, 0.1) is 32.5 Å². The molecule has 1 N–H and O–H groups in total. The van der Waals surface area contributed by atoms with Gasteiger partial charge < -0.3 is 23.9 Å². The maximum atomic E-state index is 13.3. The van der Waals surface area contributed by atoms with Crippen molar-refractivity contribution in [3.05, 3.63) is 47.7 Å².